The van der Waals surface area contributed by atoms with Crippen molar-refractivity contribution in [1.82, 2.24) is 14.7 Å². The Morgan fingerprint density at radius 1 is 1.23 bits per heavy atom. The molecule has 5 nitrogen and oxygen atoms in total. The highest BCUT2D eigenvalue weighted by Gasteiger charge is 2.31. The Balaban J connectivity index is 1.69. The van der Waals surface area contributed by atoms with Gasteiger partial charge >= 0.3 is 0 Å². The molecule has 1 aliphatic heterocycles. The molecular weight excluding hydrogens is 348 g/mol. The fourth-order valence-corrected chi connectivity index (χ4v) is 3.39. The van der Waals surface area contributed by atoms with E-state index in [1.807, 2.05) is 61.3 Å². The number of allylic oxidation sites excluding steroid dienone is 1. The number of halogens is 1. The first kappa shape index (κ1) is 17.3. The fourth-order valence-electron chi connectivity index (χ4n) is 3.27. The smallest absolute Gasteiger partial charge is 0.150 e. The van der Waals surface area contributed by atoms with Crippen molar-refractivity contribution < 1.29 is 5.11 Å². The fraction of sp³-hybridized carbons (Fsp3) is 0.400. The molecule has 2 heterocycles. The minimum Gasteiger partial charge on any atom is -0.389 e. The van der Waals surface area contributed by atoms with Crippen LogP contribution >= 0.6 is 11.6 Å². The SMILES string of the molecule is CC(C)(O)CN1C(c2ccc(Cl)cc2)=CC=NC1c1cnn(C2CC2)c1. The number of aromatic nitrogens is 2. The van der Waals surface area contributed by atoms with Crippen LogP contribution in [0.25, 0.3) is 5.70 Å². The van der Waals surface area contributed by atoms with Gasteiger partial charge in [-0.3, -0.25) is 9.67 Å². The average molecular weight is 371 g/mol. The first-order chi connectivity index (χ1) is 12.4. The van der Waals surface area contributed by atoms with E-state index in [9.17, 15) is 5.11 Å². The molecule has 1 aromatic carbocycles. The van der Waals surface area contributed by atoms with Gasteiger partial charge in [-0.1, -0.05) is 23.7 Å². The number of hydrogen-bond donors (Lipinski definition) is 1. The summed E-state index contributed by atoms with van der Waals surface area (Å²) in [7, 11) is 0. The van der Waals surface area contributed by atoms with E-state index < -0.39 is 5.60 Å². The molecule has 1 fully saturated rings. The lowest BCUT2D eigenvalue weighted by Gasteiger charge is -2.38. The van der Waals surface area contributed by atoms with Gasteiger partial charge in [0.15, 0.2) is 0 Å². The van der Waals surface area contributed by atoms with Crippen LogP contribution in [0.2, 0.25) is 5.02 Å². The van der Waals surface area contributed by atoms with Crippen molar-refractivity contribution in [3.8, 4) is 0 Å². The predicted molar refractivity (Wildman–Crippen MR) is 104 cm³/mol. The van der Waals surface area contributed by atoms with E-state index in [0.717, 1.165) is 16.8 Å². The summed E-state index contributed by atoms with van der Waals surface area (Å²) in [6, 6.07) is 8.29. The van der Waals surface area contributed by atoms with E-state index in [2.05, 4.69) is 21.2 Å². The monoisotopic (exact) mass is 370 g/mol. The highest BCUT2D eigenvalue weighted by atomic mass is 35.5. The molecule has 6 heteroatoms. The molecule has 0 amide bonds. The number of β-amino-alcohol motifs (C(OH)–C–C–N with tert-alkyl or cyclic N) is 1. The van der Waals surface area contributed by atoms with Crippen molar-refractivity contribution in [1.29, 1.82) is 0 Å². The van der Waals surface area contributed by atoms with Gasteiger partial charge in [0, 0.05) is 35.2 Å². The molecule has 2 aliphatic rings. The summed E-state index contributed by atoms with van der Waals surface area (Å²) in [6.07, 6.45) is 9.98. The summed E-state index contributed by atoms with van der Waals surface area (Å²) < 4.78 is 2.04. The van der Waals surface area contributed by atoms with Gasteiger partial charge in [-0.05, 0) is 50.5 Å². The van der Waals surface area contributed by atoms with Gasteiger partial charge in [0.25, 0.3) is 0 Å². The number of hydrogen-bond acceptors (Lipinski definition) is 4. The Bertz CT molecular complexity index is 843. The lowest BCUT2D eigenvalue weighted by atomic mass is 10.0. The normalized spacial score (nSPS) is 20.4. The number of nitrogens with zero attached hydrogens (tertiary/aromatic N) is 4. The molecule has 1 unspecified atom stereocenters. The van der Waals surface area contributed by atoms with Crippen LogP contribution in [-0.2, 0) is 0 Å². The van der Waals surface area contributed by atoms with Gasteiger partial charge in [-0.15, -0.1) is 0 Å². The zero-order chi connectivity index (χ0) is 18.3. The number of aliphatic imine (C=N–C) groups is 1. The highest BCUT2D eigenvalue weighted by Crippen LogP contribution is 2.38. The quantitative estimate of drug-likeness (QED) is 0.863. The van der Waals surface area contributed by atoms with E-state index in [4.69, 9.17) is 11.6 Å². The largest absolute Gasteiger partial charge is 0.389 e. The Hall–Kier alpha value is -2.11. The molecule has 0 radical (unpaired) electrons. The molecule has 1 aliphatic carbocycles. The van der Waals surface area contributed by atoms with E-state index in [0.29, 0.717) is 17.6 Å². The van der Waals surface area contributed by atoms with Gasteiger partial charge in [0.05, 0.1) is 17.8 Å². The Labute approximate surface area is 158 Å². The van der Waals surface area contributed by atoms with Crippen LogP contribution in [-0.4, -0.2) is 38.1 Å². The van der Waals surface area contributed by atoms with E-state index in [1.165, 1.54) is 12.8 Å². The minimum atomic E-state index is -0.858. The predicted octanol–water partition coefficient (Wildman–Crippen LogP) is 4.07. The van der Waals surface area contributed by atoms with Crippen molar-refractivity contribution in [2.24, 2.45) is 4.99 Å². The average Bonchev–Trinajstić information content (AvgIpc) is 3.32. The second-order valence-electron chi connectivity index (χ2n) is 7.66. The van der Waals surface area contributed by atoms with E-state index in [-0.39, 0.29) is 6.17 Å². The standard InChI is InChI=1S/C20H23ClN4O/c1-20(2,26)13-24-18(14-3-5-16(21)6-4-14)9-10-22-19(24)15-11-23-25(12-15)17-7-8-17/h3-6,9-12,17,19,26H,7-8,13H2,1-2H3. The third-order valence-corrected chi connectivity index (χ3v) is 4.85. The summed E-state index contributed by atoms with van der Waals surface area (Å²) in [4.78, 5) is 6.82. The van der Waals surface area contributed by atoms with Crippen molar-refractivity contribution >= 4 is 23.5 Å². The Morgan fingerprint density at radius 3 is 2.62 bits per heavy atom. The van der Waals surface area contributed by atoms with Crippen LogP contribution < -0.4 is 0 Å². The lowest BCUT2D eigenvalue weighted by molar-refractivity contribution is 0.0432. The molecule has 136 valence electrons. The Morgan fingerprint density at radius 2 is 1.96 bits per heavy atom. The van der Waals surface area contributed by atoms with Crippen LogP contribution in [0.4, 0.5) is 0 Å². The first-order valence-corrected chi connectivity index (χ1v) is 9.31. The van der Waals surface area contributed by atoms with Crippen LogP contribution in [0.5, 0.6) is 0 Å². The molecule has 0 bridgehead atoms. The van der Waals surface area contributed by atoms with Gasteiger partial charge in [0.1, 0.15) is 6.17 Å². The lowest BCUT2D eigenvalue weighted by Crippen LogP contribution is -2.40. The maximum absolute atomic E-state index is 10.5. The summed E-state index contributed by atoms with van der Waals surface area (Å²) in [6.45, 7) is 4.09. The molecule has 1 aromatic heterocycles. The maximum Gasteiger partial charge on any atom is 0.150 e. The highest BCUT2D eigenvalue weighted by molar-refractivity contribution is 6.30. The molecular formula is C20H23ClN4O. The molecule has 1 saturated carbocycles. The van der Waals surface area contributed by atoms with Gasteiger partial charge in [-0.2, -0.15) is 5.10 Å². The summed E-state index contributed by atoms with van der Waals surface area (Å²) in [5, 5.41) is 15.7. The van der Waals surface area contributed by atoms with Crippen LogP contribution in [0.15, 0.2) is 47.7 Å². The third-order valence-electron chi connectivity index (χ3n) is 4.60. The molecule has 0 spiro atoms. The van der Waals surface area contributed by atoms with Crippen molar-refractivity contribution in [3.05, 3.63) is 58.9 Å². The molecule has 1 atom stereocenters. The number of benzene rings is 1. The topological polar surface area (TPSA) is 53.6 Å². The van der Waals surface area contributed by atoms with Crippen molar-refractivity contribution in [2.75, 3.05) is 6.54 Å². The Kier molecular flexibility index (Phi) is 4.37. The van der Waals surface area contributed by atoms with Gasteiger partial charge in [0.2, 0.25) is 0 Å². The molecule has 26 heavy (non-hydrogen) atoms. The zero-order valence-electron chi connectivity index (χ0n) is 15.0. The summed E-state index contributed by atoms with van der Waals surface area (Å²) in [5.74, 6) is 0. The molecule has 4 rings (SSSR count). The third kappa shape index (κ3) is 3.69. The van der Waals surface area contributed by atoms with Crippen molar-refractivity contribution in [2.45, 2.75) is 44.5 Å². The first-order valence-electron chi connectivity index (χ1n) is 8.93. The second kappa shape index (κ2) is 6.56. The van der Waals surface area contributed by atoms with Crippen LogP contribution in [0, 0.1) is 0 Å². The van der Waals surface area contributed by atoms with E-state index >= 15 is 0 Å². The van der Waals surface area contributed by atoms with Crippen molar-refractivity contribution in [3.63, 3.8) is 0 Å². The molecule has 2 aromatic rings. The van der Waals surface area contributed by atoms with Gasteiger partial charge < -0.3 is 10.0 Å². The van der Waals surface area contributed by atoms with Crippen LogP contribution in [0.3, 0.4) is 0 Å². The zero-order valence-corrected chi connectivity index (χ0v) is 15.8. The minimum absolute atomic E-state index is 0.204. The maximum atomic E-state index is 10.5. The molecule has 0 saturated heterocycles. The summed E-state index contributed by atoms with van der Waals surface area (Å²) >= 11 is 6.05. The van der Waals surface area contributed by atoms with E-state index in [1.54, 1.807) is 0 Å². The number of rotatable bonds is 5. The second-order valence-corrected chi connectivity index (χ2v) is 8.09. The summed E-state index contributed by atoms with van der Waals surface area (Å²) in [5.41, 5.74) is 2.24. The van der Waals surface area contributed by atoms with Gasteiger partial charge in [-0.25, -0.2) is 0 Å². The number of aliphatic hydroxyl groups is 1. The van der Waals surface area contributed by atoms with Crippen LogP contribution in [0.1, 0.15) is 50.0 Å². The molecule has 1 N–H and O–H groups in total.